The minimum Gasteiger partial charge on any atom is -0.338 e. The van der Waals surface area contributed by atoms with Crippen LogP contribution < -0.4 is 0 Å². The third kappa shape index (κ3) is 3.19. The predicted octanol–water partition coefficient (Wildman–Crippen LogP) is 2.87. The largest absolute Gasteiger partial charge is 0.338 e. The molecule has 0 N–H and O–H groups in total. The van der Waals surface area contributed by atoms with Gasteiger partial charge < -0.3 is 4.52 Å². The van der Waals surface area contributed by atoms with Crippen LogP contribution in [0.5, 0.6) is 0 Å². The molecule has 7 heteroatoms. The molecule has 0 amide bonds. The Labute approximate surface area is 145 Å². The summed E-state index contributed by atoms with van der Waals surface area (Å²) in [6.45, 7) is 9.01. The highest BCUT2D eigenvalue weighted by Gasteiger charge is 2.25. The topological polar surface area (TPSA) is 58.3 Å². The van der Waals surface area contributed by atoms with Gasteiger partial charge in [0, 0.05) is 26.2 Å². The molecular formula is C17H21N5OS. The summed E-state index contributed by atoms with van der Waals surface area (Å²) in [7, 11) is 0. The van der Waals surface area contributed by atoms with Gasteiger partial charge in [0.1, 0.15) is 5.01 Å². The molecule has 6 nitrogen and oxygen atoms in total. The number of para-hydroxylation sites is 1. The summed E-state index contributed by atoms with van der Waals surface area (Å²) < 4.78 is 6.58. The van der Waals surface area contributed by atoms with E-state index in [0.29, 0.717) is 11.7 Å². The molecule has 2 aromatic heterocycles. The summed E-state index contributed by atoms with van der Waals surface area (Å²) in [6.07, 6.45) is 0. The smallest absolute Gasteiger partial charge is 0.243 e. The second-order valence-corrected chi connectivity index (χ2v) is 7.36. The standard InChI is InChI=1S/C17H21N5OS/c1-12(17-18-13(2)20-23-17)22-9-7-21(8-10-22)11-16-19-14-5-3-4-6-15(14)24-16/h3-6,12H,7-11H2,1-2H3. The van der Waals surface area contributed by atoms with Crippen molar-refractivity contribution in [3.8, 4) is 0 Å². The van der Waals surface area contributed by atoms with Gasteiger partial charge in [-0.2, -0.15) is 4.98 Å². The van der Waals surface area contributed by atoms with E-state index < -0.39 is 0 Å². The SMILES string of the molecule is Cc1noc(C(C)N2CCN(Cc3nc4ccccc4s3)CC2)n1. The molecule has 0 aliphatic carbocycles. The fourth-order valence-electron chi connectivity index (χ4n) is 3.13. The molecule has 1 saturated heterocycles. The minimum absolute atomic E-state index is 0.177. The molecule has 1 fully saturated rings. The summed E-state index contributed by atoms with van der Waals surface area (Å²) in [6, 6.07) is 8.52. The van der Waals surface area contributed by atoms with Crippen LogP contribution in [-0.4, -0.2) is 51.1 Å². The lowest BCUT2D eigenvalue weighted by Gasteiger charge is -2.36. The molecule has 3 aromatic rings. The molecule has 0 radical (unpaired) electrons. The monoisotopic (exact) mass is 343 g/mol. The van der Waals surface area contributed by atoms with Gasteiger partial charge in [-0.25, -0.2) is 4.98 Å². The first-order valence-electron chi connectivity index (χ1n) is 8.30. The fraction of sp³-hybridized carbons (Fsp3) is 0.471. The molecule has 0 saturated carbocycles. The fourth-order valence-corrected chi connectivity index (χ4v) is 4.14. The highest BCUT2D eigenvalue weighted by Crippen LogP contribution is 2.24. The summed E-state index contributed by atoms with van der Waals surface area (Å²) >= 11 is 1.80. The van der Waals surface area contributed by atoms with Crippen molar-refractivity contribution >= 4 is 21.6 Å². The number of fused-ring (bicyclic) bond motifs is 1. The third-order valence-corrected chi connectivity index (χ3v) is 5.57. The van der Waals surface area contributed by atoms with Crippen molar-refractivity contribution < 1.29 is 4.52 Å². The van der Waals surface area contributed by atoms with Gasteiger partial charge in [-0.3, -0.25) is 9.80 Å². The second kappa shape index (κ2) is 6.58. The highest BCUT2D eigenvalue weighted by molar-refractivity contribution is 7.18. The first-order valence-corrected chi connectivity index (χ1v) is 9.12. The number of hydrogen-bond donors (Lipinski definition) is 0. The Morgan fingerprint density at radius 2 is 1.96 bits per heavy atom. The Morgan fingerprint density at radius 3 is 2.67 bits per heavy atom. The zero-order valence-electron chi connectivity index (χ0n) is 14.0. The van der Waals surface area contributed by atoms with Crippen LogP contribution in [0.2, 0.25) is 0 Å². The van der Waals surface area contributed by atoms with Gasteiger partial charge >= 0.3 is 0 Å². The molecular weight excluding hydrogens is 322 g/mol. The highest BCUT2D eigenvalue weighted by atomic mass is 32.1. The van der Waals surface area contributed by atoms with Crippen molar-refractivity contribution in [3.05, 3.63) is 41.0 Å². The summed E-state index contributed by atoms with van der Waals surface area (Å²) in [4.78, 5) is 14.0. The molecule has 1 atom stereocenters. The molecule has 24 heavy (non-hydrogen) atoms. The van der Waals surface area contributed by atoms with E-state index in [1.165, 1.54) is 9.71 Å². The number of hydrogen-bond acceptors (Lipinski definition) is 7. The van der Waals surface area contributed by atoms with Gasteiger partial charge in [-0.15, -0.1) is 11.3 Å². The Bertz CT molecular complexity index is 788. The quantitative estimate of drug-likeness (QED) is 0.726. The van der Waals surface area contributed by atoms with Crippen molar-refractivity contribution in [1.82, 2.24) is 24.9 Å². The summed E-state index contributed by atoms with van der Waals surface area (Å²) in [5, 5.41) is 5.09. The van der Waals surface area contributed by atoms with E-state index in [2.05, 4.69) is 45.1 Å². The zero-order valence-corrected chi connectivity index (χ0v) is 14.8. The maximum atomic E-state index is 5.31. The van der Waals surface area contributed by atoms with Crippen LogP contribution in [0.1, 0.15) is 29.7 Å². The second-order valence-electron chi connectivity index (χ2n) is 6.24. The average molecular weight is 343 g/mol. The lowest BCUT2D eigenvalue weighted by Crippen LogP contribution is -2.46. The minimum atomic E-state index is 0.177. The number of thiazole rings is 1. The normalized spacial score (nSPS) is 18.2. The van der Waals surface area contributed by atoms with Crippen LogP contribution in [0.25, 0.3) is 10.2 Å². The van der Waals surface area contributed by atoms with Crippen molar-refractivity contribution in [2.45, 2.75) is 26.4 Å². The van der Waals surface area contributed by atoms with Crippen LogP contribution in [-0.2, 0) is 6.54 Å². The number of benzene rings is 1. The third-order valence-electron chi connectivity index (χ3n) is 4.55. The van der Waals surface area contributed by atoms with Crippen LogP contribution in [0.4, 0.5) is 0 Å². The van der Waals surface area contributed by atoms with E-state index in [4.69, 9.17) is 9.51 Å². The van der Waals surface area contributed by atoms with E-state index in [0.717, 1.165) is 38.2 Å². The number of piperazine rings is 1. The van der Waals surface area contributed by atoms with Gasteiger partial charge in [0.15, 0.2) is 5.82 Å². The summed E-state index contributed by atoms with van der Waals surface area (Å²) in [5.74, 6) is 1.42. The van der Waals surface area contributed by atoms with Crippen LogP contribution in [0, 0.1) is 6.92 Å². The lowest BCUT2D eigenvalue weighted by atomic mass is 10.2. The lowest BCUT2D eigenvalue weighted by molar-refractivity contribution is 0.0845. The van der Waals surface area contributed by atoms with Gasteiger partial charge in [-0.1, -0.05) is 17.3 Å². The van der Waals surface area contributed by atoms with E-state index >= 15 is 0 Å². The Morgan fingerprint density at radius 1 is 1.17 bits per heavy atom. The molecule has 0 bridgehead atoms. The average Bonchev–Trinajstić information content (AvgIpc) is 3.20. The first-order chi connectivity index (χ1) is 11.7. The summed E-state index contributed by atoms with van der Waals surface area (Å²) in [5.41, 5.74) is 1.11. The molecule has 1 aromatic carbocycles. The number of aryl methyl sites for hydroxylation is 1. The van der Waals surface area contributed by atoms with Crippen molar-refractivity contribution in [3.63, 3.8) is 0 Å². The molecule has 126 valence electrons. The number of aromatic nitrogens is 3. The molecule has 3 heterocycles. The number of rotatable bonds is 4. The maximum Gasteiger partial charge on any atom is 0.243 e. The maximum absolute atomic E-state index is 5.31. The van der Waals surface area contributed by atoms with Crippen LogP contribution in [0.15, 0.2) is 28.8 Å². The Kier molecular flexibility index (Phi) is 4.30. The molecule has 0 spiro atoms. The van der Waals surface area contributed by atoms with E-state index in [1.807, 2.05) is 13.0 Å². The van der Waals surface area contributed by atoms with E-state index in [9.17, 15) is 0 Å². The van der Waals surface area contributed by atoms with Crippen LogP contribution in [0.3, 0.4) is 0 Å². The first kappa shape index (κ1) is 15.7. The number of nitrogens with zero attached hydrogens (tertiary/aromatic N) is 5. The Hall–Kier alpha value is -1.83. The van der Waals surface area contributed by atoms with E-state index in [1.54, 1.807) is 11.3 Å². The van der Waals surface area contributed by atoms with Crippen molar-refractivity contribution in [2.24, 2.45) is 0 Å². The van der Waals surface area contributed by atoms with Crippen molar-refractivity contribution in [1.29, 1.82) is 0 Å². The van der Waals surface area contributed by atoms with Crippen LogP contribution >= 0.6 is 11.3 Å². The van der Waals surface area contributed by atoms with Gasteiger partial charge in [-0.05, 0) is 26.0 Å². The Balaban J connectivity index is 1.35. The van der Waals surface area contributed by atoms with Crippen molar-refractivity contribution in [2.75, 3.05) is 26.2 Å². The zero-order chi connectivity index (χ0) is 16.5. The van der Waals surface area contributed by atoms with Gasteiger partial charge in [0.2, 0.25) is 5.89 Å². The molecule has 1 aliphatic heterocycles. The molecule has 4 rings (SSSR count). The molecule has 1 aliphatic rings. The van der Waals surface area contributed by atoms with Gasteiger partial charge in [0.05, 0.1) is 22.8 Å². The van der Waals surface area contributed by atoms with E-state index in [-0.39, 0.29) is 6.04 Å². The van der Waals surface area contributed by atoms with Gasteiger partial charge in [0.25, 0.3) is 0 Å². The predicted molar refractivity (Wildman–Crippen MR) is 93.9 cm³/mol. The molecule has 1 unspecified atom stereocenters.